The number of halogens is 1. The monoisotopic (exact) mass is 257 g/mol. The number of aliphatic hydroxyl groups is 1. The van der Waals surface area contributed by atoms with E-state index in [1.54, 1.807) is 4.68 Å². The van der Waals surface area contributed by atoms with Crippen LogP contribution in [0.5, 0.6) is 0 Å². The van der Waals surface area contributed by atoms with Crippen LogP contribution in [0.4, 0.5) is 0 Å². The fourth-order valence-corrected chi connectivity index (χ4v) is 3.50. The Kier molecular flexibility index (Phi) is 1.63. The van der Waals surface area contributed by atoms with Gasteiger partial charge in [0.25, 0.3) is 0 Å². The highest BCUT2D eigenvalue weighted by Gasteiger charge is 2.59. The van der Waals surface area contributed by atoms with E-state index in [0.717, 1.165) is 30.9 Å². The minimum atomic E-state index is -0.679. The fraction of sp³-hybridized carbons (Fsp3) is 0.778. The molecule has 2 aliphatic carbocycles. The summed E-state index contributed by atoms with van der Waals surface area (Å²) in [6.07, 6.45) is 3.15. The van der Waals surface area contributed by atoms with Crippen LogP contribution in [0.1, 0.15) is 25.0 Å². The predicted molar refractivity (Wildman–Crippen MR) is 53.4 cm³/mol. The molecule has 0 amide bonds. The third-order valence-corrected chi connectivity index (χ3v) is 4.16. The van der Waals surface area contributed by atoms with E-state index in [1.165, 1.54) is 0 Å². The topological polar surface area (TPSA) is 50.9 Å². The second kappa shape index (κ2) is 2.58. The molecule has 2 aliphatic rings. The van der Waals surface area contributed by atoms with Gasteiger partial charge in [-0.05, 0) is 47.0 Å². The lowest BCUT2D eigenvalue weighted by Crippen LogP contribution is -2.29. The lowest BCUT2D eigenvalue weighted by atomic mass is 9.94. The molecule has 14 heavy (non-hydrogen) atoms. The highest BCUT2D eigenvalue weighted by Crippen LogP contribution is 2.62. The first-order chi connectivity index (χ1) is 6.63. The molecular formula is C9H12BrN3O. The summed E-state index contributed by atoms with van der Waals surface area (Å²) in [5.74, 6) is 1.18. The summed E-state index contributed by atoms with van der Waals surface area (Å²) in [4.78, 5) is 0. The van der Waals surface area contributed by atoms with Crippen LogP contribution in [0, 0.1) is 11.8 Å². The maximum absolute atomic E-state index is 10.6. The molecular weight excluding hydrogens is 246 g/mol. The van der Waals surface area contributed by atoms with Crippen molar-refractivity contribution in [2.24, 2.45) is 18.9 Å². The Morgan fingerprint density at radius 1 is 1.64 bits per heavy atom. The molecule has 4 nitrogen and oxygen atoms in total. The Balaban J connectivity index is 2.09. The maximum atomic E-state index is 10.6. The SMILES string of the molecule is Cn1nnc(Br)c1C1(O)CCC2CC21. The lowest BCUT2D eigenvalue weighted by molar-refractivity contribution is 0.0120. The molecule has 0 aromatic carbocycles. The summed E-state index contributed by atoms with van der Waals surface area (Å²) in [5.41, 5.74) is 0.171. The molecule has 0 bridgehead atoms. The first-order valence-electron chi connectivity index (χ1n) is 4.91. The van der Waals surface area contributed by atoms with Crippen LogP contribution >= 0.6 is 15.9 Å². The average Bonchev–Trinajstić information content (AvgIpc) is 2.76. The van der Waals surface area contributed by atoms with Crippen LogP contribution in [-0.4, -0.2) is 20.1 Å². The number of nitrogens with zero attached hydrogens (tertiary/aromatic N) is 3. The normalized spacial score (nSPS) is 39.9. The highest BCUT2D eigenvalue weighted by atomic mass is 79.9. The Labute approximate surface area is 90.4 Å². The third-order valence-electron chi connectivity index (χ3n) is 3.63. The number of aryl methyl sites for hydroxylation is 1. The maximum Gasteiger partial charge on any atom is 0.154 e. The first-order valence-corrected chi connectivity index (χ1v) is 5.70. The van der Waals surface area contributed by atoms with Gasteiger partial charge in [0.1, 0.15) is 11.3 Å². The van der Waals surface area contributed by atoms with E-state index in [1.807, 2.05) is 7.05 Å². The van der Waals surface area contributed by atoms with Crippen LogP contribution in [0.2, 0.25) is 0 Å². The smallest absolute Gasteiger partial charge is 0.154 e. The zero-order chi connectivity index (χ0) is 9.92. The van der Waals surface area contributed by atoms with Crippen LogP contribution < -0.4 is 0 Å². The Morgan fingerprint density at radius 3 is 2.86 bits per heavy atom. The van der Waals surface area contributed by atoms with E-state index >= 15 is 0 Å². The minimum absolute atomic E-state index is 0.441. The van der Waals surface area contributed by atoms with Crippen molar-refractivity contribution in [3.63, 3.8) is 0 Å². The number of aromatic nitrogens is 3. The van der Waals surface area contributed by atoms with E-state index < -0.39 is 5.60 Å². The van der Waals surface area contributed by atoms with Gasteiger partial charge >= 0.3 is 0 Å². The van der Waals surface area contributed by atoms with Crippen molar-refractivity contribution < 1.29 is 5.11 Å². The van der Waals surface area contributed by atoms with Gasteiger partial charge in [-0.3, -0.25) is 0 Å². The van der Waals surface area contributed by atoms with Crippen molar-refractivity contribution in [1.29, 1.82) is 0 Å². The summed E-state index contributed by atoms with van der Waals surface area (Å²) in [5, 5.41) is 18.4. The number of rotatable bonds is 1. The molecule has 1 N–H and O–H groups in total. The van der Waals surface area contributed by atoms with Gasteiger partial charge in [0.15, 0.2) is 4.60 Å². The number of hydrogen-bond acceptors (Lipinski definition) is 3. The average molecular weight is 258 g/mol. The summed E-state index contributed by atoms with van der Waals surface area (Å²) in [6, 6.07) is 0. The first kappa shape index (κ1) is 8.85. The molecule has 0 radical (unpaired) electrons. The number of fused-ring (bicyclic) bond motifs is 1. The quantitative estimate of drug-likeness (QED) is 0.823. The van der Waals surface area contributed by atoms with E-state index in [4.69, 9.17) is 0 Å². The molecule has 2 saturated carbocycles. The van der Waals surface area contributed by atoms with E-state index in [0.29, 0.717) is 10.5 Å². The molecule has 1 aromatic rings. The molecule has 3 rings (SSSR count). The molecule has 1 aromatic heterocycles. The van der Waals surface area contributed by atoms with Crippen molar-refractivity contribution in [2.45, 2.75) is 24.9 Å². The molecule has 0 spiro atoms. The Bertz CT molecular complexity index is 372. The summed E-state index contributed by atoms with van der Waals surface area (Å²) >= 11 is 3.35. The van der Waals surface area contributed by atoms with E-state index in [-0.39, 0.29) is 0 Å². The molecule has 0 saturated heterocycles. The van der Waals surface area contributed by atoms with Gasteiger partial charge in [-0.2, -0.15) is 0 Å². The molecule has 2 fully saturated rings. The third kappa shape index (κ3) is 0.969. The second-order valence-corrected chi connectivity index (χ2v) is 5.17. The summed E-state index contributed by atoms with van der Waals surface area (Å²) < 4.78 is 2.38. The Morgan fingerprint density at radius 2 is 2.43 bits per heavy atom. The van der Waals surface area contributed by atoms with Gasteiger partial charge in [-0.15, -0.1) is 5.10 Å². The Hall–Kier alpha value is -0.420. The summed E-state index contributed by atoms with van der Waals surface area (Å²) in [6.45, 7) is 0. The zero-order valence-electron chi connectivity index (χ0n) is 7.94. The zero-order valence-corrected chi connectivity index (χ0v) is 9.53. The standard InChI is InChI=1S/C9H12BrN3O/c1-13-7(8(10)11-12-13)9(14)3-2-5-4-6(5)9/h5-6,14H,2-4H2,1H3. The van der Waals surface area contributed by atoms with Gasteiger partial charge in [-0.25, -0.2) is 4.68 Å². The van der Waals surface area contributed by atoms with Gasteiger partial charge < -0.3 is 5.11 Å². The molecule has 1 heterocycles. The van der Waals surface area contributed by atoms with E-state index in [2.05, 4.69) is 26.2 Å². The van der Waals surface area contributed by atoms with Crippen LogP contribution in [0.15, 0.2) is 4.60 Å². The largest absolute Gasteiger partial charge is 0.383 e. The van der Waals surface area contributed by atoms with E-state index in [9.17, 15) is 5.11 Å². The second-order valence-electron chi connectivity index (χ2n) is 4.42. The van der Waals surface area contributed by atoms with Crippen LogP contribution in [0.25, 0.3) is 0 Å². The minimum Gasteiger partial charge on any atom is -0.383 e. The highest BCUT2D eigenvalue weighted by molar-refractivity contribution is 9.10. The van der Waals surface area contributed by atoms with Crippen molar-refractivity contribution in [2.75, 3.05) is 0 Å². The van der Waals surface area contributed by atoms with Crippen molar-refractivity contribution in [1.82, 2.24) is 15.0 Å². The fourth-order valence-electron chi connectivity index (χ4n) is 2.83. The van der Waals surface area contributed by atoms with Gasteiger partial charge in [0.05, 0.1) is 0 Å². The molecule has 5 heteroatoms. The van der Waals surface area contributed by atoms with Gasteiger partial charge in [0.2, 0.25) is 0 Å². The molecule has 76 valence electrons. The predicted octanol–water partition coefficient (Wildman–Crippen LogP) is 1.20. The van der Waals surface area contributed by atoms with Crippen LogP contribution in [-0.2, 0) is 12.6 Å². The van der Waals surface area contributed by atoms with Gasteiger partial charge in [-0.1, -0.05) is 5.21 Å². The van der Waals surface area contributed by atoms with Crippen molar-refractivity contribution in [3.05, 3.63) is 10.3 Å². The van der Waals surface area contributed by atoms with Crippen LogP contribution in [0.3, 0.4) is 0 Å². The summed E-state index contributed by atoms with van der Waals surface area (Å²) in [7, 11) is 1.83. The van der Waals surface area contributed by atoms with Crippen molar-refractivity contribution in [3.8, 4) is 0 Å². The molecule has 0 aliphatic heterocycles. The van der Waals surface area contributed by atoms with Crippen molar-refractivity contribution >= 4 is 15.9 Å². The molecule has 3 unspecified atom stereocenters. The molecule has 3 atom stereocenters. The lowest BCUT2D eigenvalue weighted by Gasteiger charge is -2.24. The number of hydrogen-bond donors (Lipinski definition) is 1. The van der Waals surface area contributed by atoms with Gasteiger partial charge in [0, 0.05) is 7.05 Å².